The molecule has 4 aromatic heterocycles. The molecule has 0 radical (unpaired) electrons. The Kier molecular flexibility index (Phi) is 6.28. The highest BCUT2D eigenvalue weighted by Crippen LogP contribution is 2.46. The van der Waals surface area contributed by atoms with Crippen LogP contribution in [0.3, 0.4) is 0 Å². The molecule has 258 valence electrons. The van der Waals surface area contributed by atoms with Crippen LogP contribution >= 0.6 is 11.3 Å². The first kappa shape index (κ1) is 30.8. The maximum atomic E-state index is 8.28. The molecular formula is C50H26N4OS. The van der Waals surface area contributed by atoms with E-state index in [-0.39, 0.29) is 0 Å². The van der Waals surface area contributed by atoms with Crippen LogP contribution in [0.1, 0.15) is 0 Å². The lowest BCUT2D eigenvalue weighted by Gasteiger charge is -2.16. The van der Waals surface area contributed by atoms with Crippen LogP contribution < -0.4 is 0 Å². The van der Waals surface area contributed by atoms with E-state index in [0.29, 0.717) is 11.4 Å². The van der Waals surface area contributed by atoms with Gasteiger partial charge in [0.05, 0.1) is 46.3 Å². The zero-order valence-electron chi connectivity index (χ0n) is 29.6. The molecule has 0 fully saturated rings. The first-order valence-corrected chi connectivity index (χ1v) is 19.2. The van der Waals surface area contributed by atoms with Crippen LogP contribution in [0, 0.1) is 13.1 Å². The van der Waals surface area contributed by atoms with E-state index >= 15 is 0 Å². The predicted molar refractivity (Wildman–Crippen MR) is 233 cm³/mol. The maximum absolute atomic E-state index is 8.28. The maximum Gasteiger partial charge on any atom is 0.189 e. The lowest BCUT2D eigenvalue weighted by atomic mass is 10.0. The van der Waals surface area contributed by atoms with Gasteiger partial charge in [0.15, 0.2) is 11.4 Å². The Hall–Kier alpha value is -7.64. The van der Waals surface area contributed by atoms with Crippen molar-refractivity contribution in [2.75, 3.05) is 0 Å². The third-order valence-corrected chi connectivity index (χ3v) is 12.4. The van der Waals surface area contributed by atoms with Crippen molar-refractivity contribution in [1.29, 1.82) is 0 Å². The minimum Gasteiger partial charge on any atom is -0.455 e. The molecule has 4 heterocycles. The van der Waals surface area contributed by atoms with Crippen molar-refractivity contribution in [3.8, 4) is 22.5 Å². The number of para-hydroxylation sites is 3. The number of hydrogen-bond donors (Lipinski definition) is 0. The van der Waals surface area contributed by atoms with Gasteiger partial charge in [-0.1, -0.05) is 78.9 Å². The molecule has 0 atom stereocenters. The molecule has 0 amide bonds. The van der Waals surface area contributed by atoms with E-state index in [2.05, 4.69) is 140 Å². The van der Waals surface area contributed by atoms with Gasteiger partial charge in [0.1, 0.15) is 11.2 Å². The highest BCUT2D eigenvalue weighted by atomic mass is 32.1. The summed E-state index contributed by atoms with van der Waals surface area (Å²) in [7, 11) is 0. The molecule has 0 saturated heterocycles. The average Bonchev–Trinajstić information content (AvgIpc) is 4.00. The third-order valence-electron chi connectivity index (χ3n) is 11.3. The molecule has 0 spiro atoms. The van der Waals surface area contributed by atoms with E-state index in [1.165, 1.54) is 20.2 Å². The summed E-state index contributed by atoms with van der Waals surface area (Å²) in [5.41, 5.74) is 10.9. The quantitative estimate of drug-likeness (QED) is 0.167. The predicted octanol–water partition coefficient (Wildman–Crippen LogP) is 14.9. The number of thiophene rings is 1. The zero-order chi connectivity index (χ0) is 37.1. The topological polar surface area (TPSA) is 31.7 Å². The molecule has 0 aliphatic carbocycles. The van der Waals surface area contributed by atoms with Gasteiger partial charge >= 0.3 is 0 Å². The van der Waals surface area contributed by atoms with Crippen LogP contribution in [0.4, 0.5) is 11.4 Å². The van der Waals surface area contributed by atoms with Gasteiger partial charge in [0.2, 0.25) is 0 Å². The van der Waals surface area contributed by atoms with Gasteiger partial charge in [-0.3, -0.25) is 0 Å². The van der Waals surface area contributed by atoms with Crippen molar-refractivity contribution in [3.05, 3.63) is 181 Å². The molecule has 0 aliphatic heterocycles. The van der Waals surface area contributed by atoms with Crippen molar-refractivity contribution in [3.63, 3.8) is 0 Å². The molecule has 8 aromatic carbocycles. The lowest BCUT2D eigenvalue weighted by molar-refractivity contribution is 0.673. The fourth-order valence-corrected chi connectivity index (χ4v) is 10.1. The molecule has 12 rings (SSSR count). The molecule has 5 nitrogen and oxygen atoms in total. The first-order chi connectivity index (χ1) is 27.7. The third kappa shape index (κ3) is 4.16. The normalized spacial score (nSPS) is 11.9. The van der Waals surface area contributed by atoms with Crippen molar-refractivity contribution in [2.24, 2.45) is 0 Å². The van der Waals surface area contributed by atoms with Crippen molar-refractivity contribution in [2.45, 2.75) is 0 Å². The van der Waals surface area contributed by atoms with Gasteiger partial charge in [0, 0.05) is 53.0 Å². The SMILES string of the molecule is [C-]#[N+]c1cc(-c2ccccc2-n2c3ccccc3c3c4oc5ccccc5c4ccc32)cc(-n2c3ccc([N+]#[C-])cc3c3c4c(ccc32)sc2ccccc24)c1. The van der Waals surface area contributed by atoms with Crippen molar-refractivity contribution < 1.29 is 4.42 Å². The summed E-state index contributed by atoms with van der Waals surface area (Å²) in [5, 5.41) is 8.96. The Bertz CT molecular complexity index is 3750. The minimum absolute atomic E-state index is 0.549. The fourth-order valence-electron chi connectivity index (χ4n) is 9.01. The Morgan fingerprint density at radius 1 is 0.464 bits per heavy atom. The highest BCUT2D eigenvalue weighted by Gasteiger charge is 2.22. The van der Waals surface area contributed by atoms with Gasteiger partial charge < -0.3 is 13.6 Å². The summed E-state index contributed by atoms with van der Waals surface area (Å²) >= 11 is 1.79. The monoisotopic (exact) mass is 730 g/mol. The van der Waals surface area contributed by atoms with Crippen LogP contribution in [0.15, 0.2) is 162 Å². The van der Waals surface area contributed by atoms with E-state index in [0.717, 1.165) is 88.1 Å². The molecule has 0 bridgehead atoms. The van der Waals surface area contributed by atoms with Crippen LogP contribution in [0.5, 0.6) is 0 Å². The van der Waals surface area contributed by atoms with E-state index in [4.69, 9.17) is 17.6 Å². The van der Waals surface area contributed by atoms with Gasteiger partial charge in [-0.05, 0) is 89.8 Å². The first-order valence-electron chi connectivity index (χ1n) is 18.4. The minimum atomic E-state index is 0.549. The van der Waals surface area contributed by atoms with Gasteiger partial charge in [-0.15, -0.1) is 11.3 Å². The molecule has 0 saturated carbocycles. The smallest absolute Gasteiger partial charge is 0.189 e. The molecule has 0 unspecified atom stereocenters. The Morgan fingerprint density at radius 3 is 2.07 bits per heavy atom. The molecule has 12 aromatic rings. The lowest BCUT2D eigenvalue weighted by Crippen LogP contribution is -1.98. The summed E-state index contributed by atoms with van der Waals surface area (Å²) < 4.78 is 13.6. The second kappa shape index (κ2) is 11.4. The summed E-state index contributed by atoms with van der Waals surface area (Å²) in [6.07, 6.45) is 0. The Balaban J connectivity index is 1.14. The largest absolute Gasteiger partial charge is 0.455 e. The summed E-state index contributed by atoms with van der Waals surface area (Å²) in [6, 6.07) is 54.7. The fraction of sp³-hybridized carbons (Fsp3) is 0. The summed E-state index contributed by atoms with van der Waals surface area (Å²) in [6.45, 7) is 16.1. The number of fused-ring (bicyclic) bond motifs is 14. The van der Waals surface area contributed by atoms with E-state index in [1.54, 1.807) is 11.3 Å². The van der Waals surface area contributed by atoms with E-state index in [9.17, 15) is 0 Å². The Morgan fingerprint density at radius 2 is 1.18 bits per heavy atom. The van der Waals surface area contributed by atoms with Crippen LogP contribution in [-0.2, 0) is 0 Å². The number of nitrogens with zero attached hydrogens (tertiary/aromatic N) is 4. The standard InChI is InChI=1S/C50H26N4OS/c1-51-30-19-21-41-38(28-30)47-42(23-24-46-49(47)37-14-6-10-18-45(37)56-46)53(41)32-26-29(25-31(27-32)52-2)33-11-3-7-15-39(33)54-40-16-8-4-13-36(40)48-43(54)22-20-35-34-12-5-9-17-44(34)55-50(35)48/h3-28H. The molecule has 0 aliphatic rings. The second-order valence-electron chi connectivity index (χ2n) is 14.2. The van der Waals surface area contributed by atoms with Crippen LogP contribution in [0.25, 0.3) is 118 Å². The highest BCUT2D eigenvalue weighted by molar-refractivity contribution is 7.26. The number of rotatable bonds is 3. The zero-order valence-corrected chi connectivity index (χ0v) is 30.4. The summed E-state index contributed by atoms with van der Waals surface area (Å²) in [4.78, 5) is 7.84. The van der Waals surface area contributed by atoms with Gasteiger partial charge in [0.25, 0.3) is 0 Å². The number of aromatic nitrogens is 2. The van der Waals surface area contributed by atoms with Crippen molar-refractivity contribution >= 4 is 108 Å². The van der Waals surface area contributed by atoms with Gasteiger partial charge in [-0.2, -0.15) is 0 Å². The van der Waals surface area contributed by atoms with Crippen LogP contribution in [0.2, 0.25) is 0 Å². The number of furan rings is 1. The molecule has 56 heavy (non-hydrogen) atoms. The number of benzene rings is 8. The molecule has 0 N–H and O–H groups in total. The number of hydrogen-bond acceptors (Lipinski definition) is 2. The summed E-state index contributed by atoms with van der Waals surface area (Å²) in [5.74, 6) is 0. The van der Waals surface area contributed by atoms with Crippen LogP contribution in [-0.4, -0.2) is 9.13 Å². The second-order valence-corrected chi connectivity index (χ2v) is 15.3. The van der Waals surface area contributed by atoms with E-state index < -0.39 is 0 Å². The molecule has 6 heteroatoms. The van der Waals surface area contributed by atoms with Gasteiger partial charge in [-0.25, -0.2) is 9.69 Å². The Labute approximate surface area is 323 Å². The molecular weight excluding hydrogens is 705 g/mol. The average molecular weight is 731 g/mol. The van der Waals surface area contributed by atoms with E-state index in [1.807, 2.05) is 36.4 Å². The van der Waals surface area contributed by atoms with Crippen molar-refractivity contribution in [1.82, 2.24) is 9.13 Å².